The molecule has 0 spiro atoms. The van der Waals surface area contributed by atoms with E-state index in [1.165, 1.54) is 0 Å². The summed E-state index contributed by atoms with van der Waals surface area (Å²) < 4.78 is 9.99. The van der Waals surface area contributed by atoms with Gasteiger partial charge in [0, 0.05) is 0 Å². The van der Waals surface area contributed by atoms with Gasteiger partial charge in [-0.05, 0) is 18.6 Å². The minimum absolute atomic E-state index is 0.494. The van der Waals surface area contributed by atoms with E-state index in [0.717, 1.165) is 5.57 Å². The Morgan fingerprint density at radius 3 is 2.15 bits per heavy atom. The fourth-order valence-corrected chi connectivity index (χ4v) is 0.784. The van der Waals surface area contributed by atoms with Crippen molar-refractivity contribution < 1.29 is 9.47 Å². The molecule has 0 aliphatic carbocycles. The second kappa shape index (κ2) is 6.12. The van der Waals surface area contributed by atoms with Crippen molar-refractivity contribution in [2.45, 2.75) is 6.92 Å². The molecule has 0 saturated carbocycles. The number of ether oxygens (including phenoxy) is 2. The third-order valence-corrected chi connectivity index (χ3v) is 1.44. The molecule has 0 amide bonds. The van der Waals surface area contributed by atoms with Crippen molar-refractivity contribution in [3.05, 3.63) is 48.5 Å². The van der Waals surface area contributed by atoms with Gasteiger partial charge in [0.15, 0.2) is 11.5 Å². The molecule has 72 valence electrons. The summed E-state index contributed by atoms with van der Waals surface area (Å²) >= 11 is 0. The van der Waals surface area contributed by atoms with Gasteiger partial charge in [0.2, 0.25) is 0 Å². The average molecular weight is 180 g/mol. The molecule has 13 heavy (non-hydrogen) atoms. The molecule has 0 aromatic carbocycles. The first kappa shape index (κ1) is 11.6. The van der Waals surface area contributed by atoms with Gasteiger partial charge in [-0.1, -0.05) is 25.3 Å². The molecule has 0 aromatic heterocycles. The van der Waals surface area contributed by atoms with Gasteiger partial charge in [-0.25, -0.2) is 0 Å². The van der Waals surface area contributed by atoms with Crippen LogP contribution in [-0.4, -0.2) is 14.2 Å². The van der Waals surface area contributed by atoms with Crippen LogP contribution in [0.25, 0.3) is 0 Å². The summed E-state index contributed by atoms with van der Waals surface area (Å²) in [6, 6.07) is 0. The molecule has 0 aliphatic heterocycles. The Balaban J connectivity index is 4.56. The van der Waals surface area contributed by atoms with E-state index in [-0.39, 0.29) is 0 Å². The van der Waals surface area contributed by atoms with Crippen LogP contribution in [0.3, 0.4) is 0 Å². The van der Waals surface area contributed by atoms with E-state index in [1.54, 1.807) is 20.3 Å². The maximum atomic E-state index is 5.06. The summed E-state index contributed by atoms with van der Waals surface area (Å²) in [5.74, 6) is 1.08. The van der Waals surface area contributed by atoms with Gasteiger partial charge in [-0.3, -0.25) is 0 Å². The van der Waals surface area contributed by atoms with E-state index >= 15 is 0 Å². The van der Waals surface area contributed by atoms with Gasteiger partial charge in [-0.2, -0.15) is 0 Å². The summed E-state index contributed by atoms with van der Waals surface area (Å²) in [6.45, 7) is 9.41. The van der Waals surface area contributed by atoms with Crippen LogP contribution in [0.4, 0.5) is 0 Å². The van der Waals surface area contributed by atoms with Gasteiger partial charge in [0.05, 0.1) is 14.2 Å². The highest BCUT2D eigenvalue weighted by Gasteiger charge is 2.01. The van der Waals surface area contributed by atoms with Crippen molar-refractivity contribution in [2.24, 2.45) is 0 Å². The quantitative estimate of drug-likeness (QED) is 0.478. The highest BCUT2D eigenvalue weighted by atomic mass is 16.5. The van der Waals surface area contributed by atoms with E-state index in [2.05, 4.69) is 13.2 Å². The SMILES string of the molecule is C=C(/C=C/C)/C=C(/OC)C(=C)OC. The number of allylic oxidation sites excluding steroid dienone is 4. The normalized spacial score (nSPS) is 11.5. The van der Waals surface area contributed by atoms with Crippen LogP contribution < -0.4 is 0 Å². The van der Waals surface area contributed by atoms with Gasteiger partial charge >= 0.3 is 0 Å². The third kappa shape index (κ3) is 4.21. The standard InChI is InChI=1S/C11H16O2/c1-6-7-9(2)8-11(13-5)10(3)12-4/h6-8H,2-3H2,1,4-5H3/b7-6+,11-8+. The second-order valence-corrected chi connectivity index (χ2v) is 2.41. The molecule has 0 unspecified atom stereocenters. The third-order valence-electron chi connectivity index (χ3n) is 1.44. The molecular weight excluding hydrogens is 164 g/mol. The molecule has 0 rings (SSSR count). The van der Waals surface area contributed by atoms with E-state index in [1.807, 2.05) is 19.1 Å². The summed E-state index contributed by atoms with van der Waals surface area (Å²) in [6.07, 6.45) is 5.55. The van der Waals surface area contributed by atoms with Crippen LogP contribution in [0.2, 0.25) is 0 Å². The second-order valence-electron chi connectivity index (χ2n) is 2.41. The molecular formula is C11H16O2. The molecule has 0 heterocycles. The van der Waals surface area contributed by atoms with Crippen LogP contribution in [0.1, 0.15) is 6.92 Å². The van der Waals surface area contributed by atoms with Gasteiger partial charge in [0.1, 0.15) is 0 Å². The fraction of sp³-hybridized carbons (Fsp3) is 0.273. The molecule has 2 heteroatoms. The Kier molecular flexibility index (Phi) is 5.44. The van der Waals surface area contributed by atoms with E-state index in [9.17, 15) is 0 Å². The zero-order valence-corrected chi connectivity index (χ0v) is 8.46. The molecule has 0 bridgehead atoms. The molecule has 0 N–H and O–H groups in total. The molecule has 0 radical (unpaired) electrons. The smallest absolute Gasteiger partial charge is 0.160 e. The zero-order valence-electron chi connectivity index (χ0n) is 8.46. The summed E-state index contributed by atoms with van der Waals surface area (Å²) in [5, 5.41) is 0. The predicted octanol–water partition coefficient (Wildman–Crippen LogP) is 2.81. The van der Waals surface area contributed by atoms with E-state index in [0.29, 0.717) is 11.5 Å². The van der Waals surface area contributed by atoms with Gasteiger partial charge in [-0.15, -0.1) is 0 Å². The topological polar surface area (TPSA) is 18.5 Å². The Morgan fingerprint density at radius 2 is 1.77 bits per heavy atom. The lowest BCUT2D eigenvalue weighted by molar-refractivity contribution is 0.221. The summed E-state index contributed by atoms with van der Waals surface area (Å²) in [7, 11) is 3.12. The van der Waals surface area contributed by atoms with Crippen LogP contribution in [-0.2, 0) is 9.47 Å². The first-order valence-corrected chi connectivity index (χ1v) is 3.96. The lowest BCUT2D eigenvalue weighted by Crippen LogP contribution is -1.93. The van der Waals surface area contributed by atoms with Crippen molar-refractivity contribution in [1.82, 2.24) is 0 Å². The van der Waals surface area contributed by atoms with Crippen LogP contribution in [0.15, 0.2) is 48.5 Å². The molecule has 0 aromatic rings. The van der Waals surface area contributed by atoms with Crippen molar-refractivity contribution in [3.8, 4) is 0 Å². The monoisotopic (exact) mass is 180 g/mol. The minimum Gasteiger partial charge on any atom is -0.493 e. The van der Waals surface area contributed by atoms with E-state index < -0.39 is 0 Å². The number of methoxy groups -OCH3 is 2. The maximum absolute atomic E-state index is 5.06. The zero-order chi connectivity index (χ0) is 10.3. The van der Waals surface area contributed by atoms with Gasteiger partial charge in [0.25, 0.3) is 0 Å². The van der Waals surface area contributed by atoms with Gasteiger partial charge < -0.3 is 9.47 Å². The summed E-state index contributed by atoms with van der Waals surface area (Å²) in [5.41, 5.74) is 0.845. The van der Waals surface area contributed by atoms with Crippen LogP contribution in [0.5, 0.6) is 0 Å². The minimum atomic E-state index is 0.494. The van der Waals surface area contributed by atoms with Crippen LogP contribution >= 0.6 is 0 Å². The number of rotatable bonds is 5. The first-order chi connectivity index (χ1) is 6.15. The summed E-state index contributed by atoms with van der Waals surface area (Å²) in [4.78, 5) is 0. The van der Waals surface area contributed by atoms with Crippen molar-refractivity contribution in [2.75, 3.05) is 14.2 Å². The molecule has 2 nitrogen and oxygen atoms in total. The first-order valence-electron chi connectivity index (χ1n) is 3.96. The Hall–Kier alpha value is -1.44. The Morgan fingerprint density at radius 1 is 1.15 bits per heavy atom. The van der Waals surface area contributed by atoms with E-state index in [4.69, 9.17) is 9.47 Å². The van der Waals surface area contributed by atoms with Crippen molar-refractivity contribution >= 4 is 0 Å². The van der Waals surface area contributed by atoms with Crippen LogP contribution in [0, 0.1) is 0 Å². The Bertz CT molecular complexity index is 247. The highest BCUT2D eigenvalue weighted by Crippen LogP contribution is 2.11. The van der Waals surface area contributed by atoms with Crippen molar-refractivity contribution in [3.63, 3.8) is 0 Å². The molecule has 0 atom stereocenters. The van der Waals surface area contributed by atoms with Crippen molar-refractivity contribution in [1.29, 1.82) is 0 Å². The number of hydrogen-bond donors (Lipinski definition) is 0. The number of hydrogen-bond acceptors (Lipinski definition) is 2. The molecule has 0 fully saturated rings. The average Bonchev–Trinajstić information content (AvgIpc) is 2.13. The lowest BCUT2D eigenvalue weighted by Gasteiger charge is -2.07. The predicted molar refractivity (Wildman–Crippen MR) is 55.2 cm³/mol. The molecule has 0 saturated heterocycles. The lowest BCUT2D eigenvalue weighted by atomic mass is 10.2. The maximum Gasteiger partial charge on any atom is 0.160 e. The molecule has 0 aliphatic rings. The Labute approximate surface area is 79.9 Å². The fourth-order valence-electron chi connectivity index (χ4n) is 0.784. The highest BCUT2D eigenvalue weighted by molar-refractivity contribution is 5.33. The largest absolute Gasteiger partial charge is 0.493 e.